The minimum atomic E-state index is -0.101. The van der Waals surface area contributed by atoms with Gasteiger partial charge in [-0.2, -0.15) is 0 Å². The van der Waals surface area contributed by atoms with Crippen LogP contribution in [-0.4, -0.2) is 24.5 Å². The molecule has 1 aromatic heterocycles. The number of hydrogen-bond acceptors (Lipinski definition) is 3. The van der Waals surface area contributed by atoms with E-state index in [-0.39, 0.29) is 5.91 Å². The Kier molecular flexibility index (Phi) is 16.0. The number of hydrogen-bond donors (Lipinski definition) is 0. The molecule has 0 bridgehead atoms. The van der Waals surface area contributed by atoms with E-state index in [0.29, 0.717) is 41.8 Å². The standard InChI is InChI=1S/C37H52ClN2O3/c1-4-6-7-8-9-10-11-12-13-14-15-18-27-43-36-32(22-19-24-34(36)38)30-40(29-31-21-20-26-39(5-2)28-31)37(41)33-23-16-17-25-35(33)42-3/h16-17,19-26,28H,4-15,18,27,29-30H2,1-3H3/q+1. The van der Waals surface area contributed by atoms with Crippen LogP contribution in [0.4, 0.5) is 0 Å². The summed E-state index contributed by atoms with van der Waals surface area (Å²) in [5, 5.41) is 0.574. The zero-order chi connectivity index (χ0) is 30.7. The van der Waals surface area contributed by atoms with Crippen molar-refractivity contribution >= 4 is 17.5 Å². The summed E-state index contributed by atoms with van der Waals surface area (Å²) >= 11 is 6.66. The fourth-order valence-electron chi connectivity index (χ4n) is 5.44. The number of methoxy groups -OCH3 is 1. The van der Waals surface area contributed by atoms with Crippen molar-refractivity contribution in [1.29, 1.82) is 0 Å². The lowest BCUT2D eigenvalue weighted by Crippen LogP contribution is -2.34. The highest BCUT2D eigenvalue weighted by Crippen LogP contribution is 2.31. The van der Waals surface area contributed by atoms with Crippen molar-refractivity contribution in [2.45, 2.75) is 111 Å². The fourth-order valence-corrected chi connectivity index (χ4v) is 5.69. The average molecular weight is 608 g/mol. The zero-order valence-corrected chi connectivity index (χ0v) is 27.4. The van der Waals surface area contributed by atoms with Gasteiger partial charge in [0.2, 0.25) is 0 Å². The summed E-state index contributed by atoms with van der Waals surface area (Å²) < 4.78 is 13.9. The third-order valence-corrected chi connectivity index (χ3v) is 8.23. The molecule has 3 aromatic rings. The lowest BCUT2D eigenvalue weighted by Gasteiger charge is -2.25. The lowest BCUT2D eigenvalue weighted by atomic mass is 10.1. The van der Waals surface area contributed by atoms with E-state index in [9.17, 15) is 4.79 Å². The van der Waals surface area contributed by atoms with Gasteiger partial charge in [0.05, 0.1) is 37.4 Å². The smallest absolute Gasteiger partial charge is 0.258 e. The van der Waals surface area contributed by atoms with Crippen LogP contribution < -0.4 is 14.0 Å². The summed E-state index contributed by atoms with van der Waals surface area (Å²) in [5.41, 5.74) is 2.48. The molecule has 3 rings (SSSR count). The second kappa shape index (κ2) is 20.0. The van der Waals surface area contributed by atoms with Crippen LogP contribution in [0.2, 0.25) is 5.02 Å². The normalized spacial score (nSPS) is 11.0. The van der Waals surface area contributed by atoms with Crippen molar-refractivity contribution in [3.05, 3.63) is 88.7 Å². The van der Waals surface area contributed by atoms with Crippen LogP contribution in [0.25, 0.3) is 0 Å². The van der Waals surface area contributed by atoms with Crippen LogP contribution in [0.1, 0.15) is 112 Å². The Labute approximate surface area is 265 Å². The third kappa shape index (κ3) is 11.9. The van der Waals surface area contributed by atoms with E-state index in [2.05, 4.69) is 30.7 Å². The van der Waals surface area contributed by atoms with Crippen molar-refractivity contribution in [1.82, 2.24) is 4.90 Å². The average Bonchev–Trinajstić information content (AvgIpc) is 3.03. The molecule has 0 saturated heterocycles. The number of pyridine rings is 1. The molecule has 234 valence electrons. The molecule has 5 nitrogen and oxygen atoms in total. The molecule has 0 fully saturated rings. The number of carbonyl (C=O) groups is 1. The number of ether oxygens (including phenoxy) is 2. The van der Waals surface area contributed by atoms with Gasteiger partial charge in [0.25, 0.3) is 5.91 Å². The summed E-state index contributed by atoms with van der Waals surface area (Å²) in [6.07, 6.45) is 19.7. The highest BCUT2D eigenvalue weighted by molar-refractivity contribution is 6.32. The predicted octanol–water partition coefficient (Wildman–Crippen LogP) is 9.58. The monoisotopic (exact) mass is 607 g/mol. The Morgan fingerprint density at radius 1 is 0.791 bits per heavy atom. The molecule has 1 heterocycles. The summed E-state index contributed by atoms with van der Waals surface area (Å²) in [5.74, 6) is 1.13. The zero-order valence-electron chi connectivity index (χ0n) is 26.7. The van der Waals surface area contributed by atoms with Crippen molar-refractivity contribution in [2.24, 2.45) is 0 Å². The molecule has 0 aliphatic carbocycles. The fraction of sp³-hybridized carbons (Fsp3) is 0.514. The van der Waals surface area contributed by atoms with Gasteiger partial charge in [-0.05, 0) is 37.6 Å². The highest BCUT2D eigenvalue weighted by atomic mass is 35.5. The summed E-state index contributed by atoms with van der Waals surface area (Å²) in [6, 6.07) is 17.2. The lowest BCUT2D eigenvalue weighted by molar-refractivity contribution is -0.694. The van der Waals surface area contributed by atoms with E-state index in [1.165, 1.54) is 64.2 Å². The van der Waals surface area contributed by atoms with Crippen molar-refractivity contribution in [3.8, 4) is 11.5 Å². The van der Waals surface area contributed by atoms with Gasteiger partial charge >= 0.3 is 0 Å². The minimum Gasteiger partial charge on any atom is -0.496 e. The molecular formula is C37H52ClN2O3+. The van der Waals surface area contributed by atoms with E-state index in [4.69, 9.17) is 21.1 Å². The first kappa shape index (κ1) is 34.4. The number of carbonyl (C=O) groups excluding carboxylic acids is 1. The van der Waals surface area contributed by atoms with Gasteiger partial charge in [0.1, 0.15) is 18.0 Å². The Morgan fingerprint density at radius 3 is 2.14 bits per heavy atom. The summed E-state index contributed by atoms with van der Waals surface area (Å²) in [7, 11) is 1.59. The molecule has 0 atom stereocenters. The van der Waals surface area contributed by atoms with Crippen molar-refractivity contribution in [2.75, 3.05) is 13.7 Å². The molecule has 2 aromatic carbocycles. The maximum Gasteiger partial charge on any atom is 0.258 e. The number of unbranched alkanes of at least 4 members (excludes halogenated alkanes) is 11. The molecule has 0 N–H and O–H groups in total. The van der Waals surface area contributed by atoms with E-state index < -0.39 is 0 Å². The van der Waals surface area contributed by atoms with Gasteiger partial charge in [0.15, 0.2) is 12.4 Å². The van der Waals surface area contributed by atoms with Gasteiger partial charge in [0, 0.05) is 17.2 Å². The van der Waals surface area contributed by atoms with E-state index >= 15 is 0 Å². The molecule has 0 radical (unpaired) electrons. The molecule has 0 unspecified atom stereocenters. The molecule has 0 saturated carbocycles. The van der Waals surface area contributed by atoms with Crippen LogP contribution in [0.15, 0.2) is 67.0 Å². The Balaban J connectivity index is 1.60. The van der Waals surface area contributed by atoms with Crippen LogP contribution in [-0.2, 0) is 19.6 Å². The second-order valence-corrected chi connectivity index (χ2v) is 11.8. The third-order valence-electron chi connectivity index (χ3n) is 7.94. The SMILES string of the molecule is CCCCCCCCCCCCCCOc1c(Cl)cccc1CN(Cc1ccc[n+](CC)c1)C(=O)c1ccccc1OC. The summed E-state index contributed by atoms with van der Waals surface area (Å²) in [4.78, 5) is 15.8. The number of para-hydroxylation sites is 2. The molecule has 0 aliphatic heterocycles. The van der Waals surface area contributed by atoms with Crippen LogP contribution >= 0.6 is 11.6 Å². The minimum absolute atomic E-state index is 0.101. The predicted molar refractivity (Wildman–Crippen MR) is 177 cm³/mol. The molecule has 1 amide bonds. The Hall–Kier alpha value is -3.05. The van der Waals surface area contributed by atoms with Gasteiger partial charge in [-0.25, -0.2) is 4.57 Å². The van der Waals surface area contributed by atoms with Crippen LogP contribution in [0, 0.1) is 0 Å². The van der Waals surface area contributed by atoms with Gasteiger partial charge in [-0.15, -0.1) is 0 Å². The molecule has 0 aliphatic rings. The van der Waals surface area contributed by atoms with E-state index in [1.807, 2.05) is 59.6 Å². The number of amides is 1. The number of aryl methyl sites for hydroxylation is 1. The largest absolute Gasteiger partial charge is 0.496 e. The first-order chi connectivity index (χ1) is 21.1. The number of nitrogens with zero attached hydrogens (tertiary/aromatic N) is 2. The number of aromatic nitrogens is 1. The maximum absolute atomic E-state index is 13.9. The molecule has 6 heteroatoms. The van der Waals surface area contributed by atoms with Crippen LogP contribution in [0.3, 0.4) is 0 Å². The van der Waals surface area contributed by atoms with E-state index in [1.54, 1.807) is 7.11 Å². The van der Waals surface area contributed by atoms with Gasteiger partial charge in [-0.1, -0.05) is 113 Å². The first-order valence-corrected chi connectivity index (χ1v) is 16.8. The molecular weight excluding hydrogens is 556 g/mol. The van der Waals surface area contributed by atoms with E-state index in [0.717, 1.165) is 30.5 Å². The Morgan fingerprint density at radius 2 is 1.47 bits per heavy atom. The maximum atomic E-state index is 13.9. The van der Waals surface area contributed by atoms with Crippen molar-refractivity contribution < 1.29 is 18.8 Å². The Bertz CT molecular complexity index is 1230. The quantitative estimate of drug-likeness (QED) is 0.0894. The molecule has 43 heavy (non-hydrogen) atoms. The van der Waals surface area contributed by atoms with Gasteiger partial charge < -0.3 is 14.4 Å². The number of rotatable bonds is 21. The second-order valence-electron chi connectivity index (χ2n) is 11.4. The highest BCUT2D eigenvalue weighted by Gasteiger charge is 2.23. The summed E-state index contributed by atoms with van der Waals surface area (Å²) in [6.45, 7) is 6.67. The topological polar surface area (TPSA) is 42.7 Å². The number of benzene rings is 2. The van der Waals surface area contributed by atoms with Crippen molar-refractivity contribution in [3.63, 3.8) is 0 Å². The number of halogens is 1. The first-order valence-electron chi connectivity index (χ1n) is 16.4. The van der Waals surface area contributed by atoms with Crippen LogP contribution in [0.5, 0.6) is 11.5 Å². The molecule has 0 spiro atoms. The van der Waals surface area contributed by atoms with Gasteiger partial charge in [-0.3, -0.25) is 4.79 Å².